The third kappa shape index (κ3) is 2.03. The minimum atomic E-state index is -0.311. The van der Waals surface area contributed by atoms with Gasteiger partial charge in [-0.05, 0) is 31.7 Å². The van der Waals surface area contributed by atoms with E-state index in [2.05, 4.69) is 10.3 Å². The van der Waals surface area contributed by atoms with Crippen LogP contribution in [-0.2, 0) is 11.3 Å². The quantitative estimate of drug-likeness (QED) is 0.796. The maximum Gasteiger partial charge on any atom is 0.337 e. The van der Waals surface area contributed by atoms with Crippen molar-refractivity contribution in [2.24, 2.45) is 0 Å². The molecule has 4 nitrogen and oxygen atoms in total. The molecule has 0 unspecified atom stereocenters. The van der Waals surface area contributed by atoms with Gasteiger partial charge in [-0.15, -0.1) is 0 Å². The lowest BCUT2D eigenvalue weighted by Crippen LogP contribution is -2.05. The number of rotatable bonds is 3. The standard InChI is InChI=1S/C13H16N2O2/c1-8-11(7-14-2)10-5-4-9(13(16)17-3)6-12(10)15-8/h4-6,14-15H,7H2,1-3H3. The maximum absolute atomic E-state index is 11.4. The van der Waals surface area contributed by atoms with E-state index in [0.717, 1.165) is 23.1 Å². The van der Waals surface area contributed by atoms with Gasteiger partial charge < -0.3 is 15.0 Å². The smallest absolute Gasteiger partial charge is 0.337 e. The van der Waals surface area contributed by atoms with Crippen LogP contribution in [0.1, 0.15) is 21.6 Å². The first-order chi connectivity index (χ1) is 8.17. The molecule has 0 aliphatic heterocycles. The number of hydrogen-bond donors (Lipinski definition) is 2. The first-order valence-electron chi connectivity index (χ1n) is 5.51. The number of nitrogens with one attached hydrogen (secondary N) is 2. The van der Waals surface area contributed by atoms with Gasteiger partial charge in [-0.1, -0.05) is 6.07 Å². The molecule has 0 amide bonds. The molecular weight excluding hydrogens is 216 g/mol. The van der Waals surface area contributed by atoms with E-state index in [9.17, 15) is 4.79 Å². The van der Waals surface area contributed by atoms with Gasteiger partial charge in [-0.2, -0.15) is 0 Å². The van der Waals surface area contributed by atoms with E-state index in [1.165, 1.54) is 12.7 Å². The minimum absolute atomic E-state index is 0.311. The van der Waals surface area contributed by atoms with E-state index >= 15 is 0 Å². The molecule has 0 atom stereocenters. The van der Waals surface area contributed by atoms with Gasteiger partial charge in [0.2, 0.25) is 0 Å². The molecule has 0 radical (unpaired) electrons. The summed E-state index contributed by atoms with van der Waals surface area (Å²) in [5.74, 6) is -0.311. The van der Waals surface area contributed by atoms with Crippen LogP contribution in [0.3, 0.4) is 0 Å². The fourth-order valence-electron chi connectivity index (χ4n) is 2.04. The zero-order valence-electron chi connectivity index (χ0n) is 10.3. The van der Waals surface area contributed by atoms with Gasteiger partial charge >= 0.3 is 5.97 Å². The average Bonchev–Trinajstić information content (AvgIpc) is 2.64. The largest absolute Gasteiger partial charge is 0.465 e. The highest BCUT2D eigenvalue weighted by Crippen LogP contribution is 2.23. The number of methoxy groups -OCH3 is 1. The summed E-state index contributed by atoms with van der Waals surface area (Å²) in [4.78, 5) is 14.7. The Morgan fingerprint density at radius 1 is 1.47 bits per heavy atom. The third-order valence-corrected chi connectivity index (χ3v) is 2.89. The molecule has 1 aromatic carbocycles. The Balaban J connectivity index is 2.53. The summed E-state index contributed by atoms with van der Waals surface area (Å²) in [6.45, 7) is 2.84. The zero-order valence-corrected chi connectivity index (χ0v) is 10.3. The van der Waals surface area contributed by atoms with Crippen molar-refractivity contribution in [1.29, 1.82) is 0 Å². The van der Waals surface area contributed by atoms with Crippen molar-refractivity contribution >= 4 is 16.9 Å². The summed E-state index contributed by atoms with van der Waals surface area (Å²) >= 11 is 0. The number of hydrogen-bond acceptors (Lipinski definition) is 3. The van der Waals surface area contributed by atoms with Crippen LogP contribution >= 0.6 is 0 Å². The normalized spacial score (nSPS) is 10.8. The summed E-state index contributed by atoms with van der Waals surface area (Å²) in [6.07, 6.45) is 0. The van der Waals surface area contributed by atoms with Crippen molar-refractivity contribution < 1.29 is 9.53 Å². The molecule has 1 aromatic heterocycles. The molecule has 0 saturated heterocycles. The van der Waals surface area contributed by atoms with Crippen LogP contribution in [0, 0.1) is 6.92 Å². The number of H-pyrrole nitrogens is 1. The molecule has 90 valence electrons. The number of carbonyl (C=O) groups excluding carboxylic acids is 1. The number of aromatic amines is 1. The highest BCUT2D eigenvalue weighted by Gasteiger charge is 2.11. The topological polar surface area (TPSA) is 54.1 Å². The first kappa shape index (κ1) is 11.7. The van der Waals surface area contributed by atoms with Gasteiger partial charge in [0.25, 0.3) is 0 Å². The second-order valence-corrected chi connectivity index (χ2v) is 4.01. The fourth-order valence-corrected chi connectivity index (χ4v) is 2.04. The van der Waals surface area contributed by atoms with Crippen LogP contribution in [-0.4, -0.2) is 25.1 Å². The zero-order chi connectivity index (χ0) is 12.4. The van der Waals surface area contributed by atoms with Crippen LogP contribution in [0.25, 0.3) is 10.9 Å². The second-order valence-electron chi connectivity index (χ2n) is 4.01. The van der Waals surface area contributed by atoms with Crippen molar-refractivity contribution in [3.8, 4) is 0 Å². The monoisotopic (exact) mass is 232 g/mol. The SMILES string of the molecule is CNCc1c(C)[nH]c2cc(C(=O)OC)ccc12. The summed E-state index contributed by atoms with van der Waals surface area (Å²) in [7, 11) is 3.31. The molecule has 0 spiro atoms. The Morgan fingerprint density at radius 3 is 2.88 bits per heavy atom. The fraction of sp³-hybridized carbons (Fsp3) is 0.308. The number of carbonyl (C=O) groups is 1. The van der Waals surface area contributed by atoms with Crippen molar-refractivity contribution in [2.45, 2.75) is 13.5 Å². The van der Waals surface area contributed by atoms with Gasteiger partial charge in [-0.25, -0.2) is 4.79 Å². The predicted molar refractivity (Wildman–Crippen MR) is 67.1 cm³/mol. The van der Waals surface area contributed by atoms with Gasteiger partial charge in [0.05, 0.1) is 12.7 Å². The molecule has 0 aliphatic carbocycles. The molecule has 0 aliphatic rings. The van der Waals surface area contributed by atoms with Crippen molar-refractivity contribution in [3.63, 3.8) is 0 Å². The van der Waals surface area contributed by atoms with Crippen molar-refractivity contribution in [1.82, 2.24) is 10.3 Å². The number of aromatic nitrogens is 1. The van der Waals surface area contributed by atoms with E-state index in [4.69, 9.17) is 4.74 Å². The van der Waals surface area contributed by atoms with E-state index in [1.807, 2.05) is 26.1 Å². The Kier molecular flexibility index (Phi) is 3.15. The lowest BCUT2D eigenvalue weighted by molar-refractivity contribution is 0.0601. The lowest BCUT2D eigenvalue weighted by atomic mass is 10.1. The number of esters is 1. The highest BCUT2D eigenvalue weighted by atomic mass is 16.5. The van der Waals surface area contributed by atoms with Crippen LogP contribution in [0.4, 0.5) is 0 Å². The van der Waals surface area contributed by atoms with Gasteiger partial charge in [0, 0.05) is 23.1 Å². The first-order valence-corrected chi connectivity index (χ1v) is 5.51. The molecule has 0 saturated carbocycles. The summed E-state index contributed by atoms with van der Waals surface area (Å²) < 4.78 is 4.70. The van der Waals surface area contributed by atoms with Gasteiger partial charge in [0.1, 0.15) is 0 Å². The van der Waals surface area contributed by atoms with Crippen LogP contribution in [0.15, 0.2) is 18.2 Å². The summed E-state index contributed by atoms with van der Waals surface area (Å²) in [5.41, 5.74) is 3.89. The van der Waals surface area contributed by atoms with E-state index < -0.39 is 0 Å². The third-order valence-electron chi connectivity index (χ3n) is 2.89. The lowest BCUT2D eigenvalue weighted by Gasteiger charge is -2.01. The number of fused-ring (bicyclic) bond motifs is 1. The number of aryl methyl sites for hydroxylation is 1. The molecule has 4 heteroatoms. The molecular formula is C13H16N2O2. The minimum Gasteiger partial charge on any atom is -0.465 e. The Bertz CT molecular complexity index is 558. The predicted octanol–water partition coefficient (Wildman–Crippen LogP) is 1.98. The summed E-state index contributed by atoms with van der Waals surface area (Å²) in [5, 5.41) is 4.28. The summed E-state index contributed by atoms with van der Waals surface area (Å²) in [6, 6.07) is 5.58. The van der Waals surface area contributed by atoms with Gasteiger partial charge in [0.15, 0.2) is 0 Å². The van der Waals surface area contributed by atoms with E-state index in [1.54, 1.807) is 6.07 Å². The molecule has 2 rings (SSSR count). The van der Waals surface area contributed by atoms with Crippen LogP contribution in [0.5, 0.6) is 0 Å². The van der Waals surface area contributed by atoms with Crippen LogP contribution in [0.2, 0.25) is 0 Å². The average molecular weight is 232 g/mol. The van der Waals surface area contributed by atoms with Gasteiger partial charge in [-0.3, -0.25) is 0 Å². The molecule has 2 N–H and O–H groups in total. The molecule has 0 fully saturated rings. The Morgan fingerprint density at radius 2 is 2.24 bits per heavy atom. The second kappa shape index (κ2) is 4.59. The Hall–Kier alpha value is -1.81. The van der Waals surface area contributed by atoms with Crippen molar-refractivity contribution in [2.75, 3.05) is 14.2 Å². The Labute approximate surface area is 100.0 Å². The van der Waals surface area contributed by atoms with E-state index in [-0.39, 0.29) is 5.97 Å². The molecule has 2 aromatic rings. The van der Waals surface area contributed by atoms with Crippen LogP contribution < -0.4 is 5.32 Å². The van der Waals surface area contributed by atoms with E-state index in [0.29, 0.717) is 5.56 Å². The molecule has 1 heterocycles. The van der Waals surface area contributed by atoms with Crippen molar-refractivity contribution in [3.05, 3.63) is 35.0 Å². The maximum atomic E-state index is 11.4. The number of ether oxygens (including phenoxy) is 1. The molecule has 0 bridgehead atoms. The molecule has 17 heavy (non-hydrogen) atoms. The highest BCUT2D eigenvalue weighted by molar-refractivity contribution is 5.95. The number of benzene rings is 1.